The van der Waals surface area contributed by atoms with Gasteiger partial charge in [0.25, 0.3) is 0 Å². The standard InChI is InChI=1S/C13H28N2O/c1-11(2)12-10-14-6-7-15(12)8-9-16-13(3,4)5/h11-12,14H,6-10H2,1-5H3. The van der Waals surface area contributed by atoms with Crippen LogP contribution in [0, 0.1) is 5.92 Å². The molecule has 1 saturated heterocycles. The molecule has 1 N–H and O–H groups in total. The third-order valence-electron chi connectivity index (χ3n) is 3.08. The summed E-state index contributed by atoms with van der Waals surface area (Å²) in [5.41, 5.74) is -0.0125. The fraction of sp³-hybridized carbons (Fsp3) is 1.00. The normalized spacial score (nSPS) is 24.0. The molecular formula is C13H28N2O. The van der Waals surface area contributed by atoms with Crippen LogP contribution in [0.2, 0.25) is 0 Å². The molecule has 0 amide bonds. The molecule has 0 aromatic heterocycles. The fourth-order valence-corrected chi connectivity index (χ4v) is 2.17. The lowest BCUT2D eigenvalue weighted by Crippen LogP contribution is -2.54. The first-order valence-electron chi connectivity index (χ1n) is 6.49. The highest BCUT2D eigenvalue weighted by Gasteiger charge is 2.24. The second kappa shape index (κ2) is 5.99. The Morgan fingerprint density at radius 2 is 2.06 bits per heavy atom. The second-order valence-corrected chi connectivity index (χ2v) is 6.01. The van der Waals surface area contributed by atoms with E-state index in [0.29, 0.717) is 12.0 Å². The predicted octanol–water partition coefficient (Wildman–Crippen LogP) is 1.73. The third kappa shape index (κ3) is 4.81. The molecule has 0 radical (unpaired) electrons. The summed E-state index contributed by atoms with van der Waals surface area (Å²) < 4.78 is 5.80. The quantitative estimate of drug-likeness (QED) is 0.793. The van der Waals surface area contributed by atoms with Crippen LogP contribution in [0.4, 0.5) is 0 Å². The molecule has 1 heterocycles. The Kier molecular flexibility index (Phi) is 5.22. The highest BCUT2D eigenvalue weighted by atomic mass is 16.5. The van der Waals surface area contributed by atoms with Crippen LogP contribution < -0.4 is 5.32 Å². The number of rotatable bonds is 4. The molecule has 3 heteroatoms. The maximum absolute atomic E-state index is 5.80. The number of piperazine rings is 1. The molecule has 0 aromatic rings. The number of hydrogen-bond donors (Lipinski definition) is 1. The largest absolute Gasteiger partial charge is 0.375 e. The smallest absolute Gasteiger partial charge is 0.0600 e. The molecule has 0 bridgehead atoms. The molecule has 3 nitrogen and oxygen atoms in total. The van der Waals surface area contributed by atoms with Crippen molar-refractivity contribution >= 4 is 0 Å². The summed E-state index contributed by atoms with van der Waals surface area (Å²) in [5, 5.41) is 3.47. The van der Waals surface area contributed by atoms with Crippen molar-refractivity contribution in [3.63, 3.8) is 0 Å². The van der Waals surface area contributed by atoms with Crippen molar-refractivity contribution in [3.05, 3.63) is 0 Å². The lowest BCUT2D eigenvalue weighted by atomic mass is 10.0. The van der Waals surface area contributed by atoms with E-state index >= 15 is 0 Å². The Balaban J connectivity index is 2.33. The van der Waals surface area contributed by atoms with Gasteiger partial charge in [0, 0.05) is 32.2 Å². The van der Waals surface area contributed by atoms with Crippen LogP contribution in [0.25, 0.3) is 0 Å². The Hall–Kier alpha value is -0.120. The van der Waals surface area contributed by atoms with Gasteiger partial charge in [-0.2, -0.15) is 0 Å². The van der Waals surface area contributed by atoms with Crippen LogP contribution in [-0.4, -0.2) is 49.3 Å². The monoisotopic (exact) mass is 228 g/mol. The average Bonchev–Trinajstić information content (AvgIpc) is 2.16. The zero-order valence-corrected chi connectivity index (χ0v) is 11.5. The van der Waals surface area contributed by atoms with E-state index in [2.05, 4.69) is 44.8 Å². The van der Waals surface area contributed by atoms with Crippen LogP contribution in [0.15, 0.2) is 0 Å². The van der Waals surface area contributed by atoms with Crippen molar-refractivity contribution in [2.24, 2.45) is 5.92 Å². The zero-order chi connectivity index (χ0) is 12.2. The first-order valence-corrected chi connectivity index (χ1v) is 6.49. The SMILES string of the molecule is CC(C)C1CNCCN1CCOC(C)(C)C. The minimum atomic E-state index is -0.0125. The molecule has 1 fully saturated rings. The van der Waals surface area contributed by atoms with Crippen molar-refractivity contribution in [1.82, 2.24) is 10.2 Å². The van der Waals surface area contributed by atoms with Crippen LogP contribution in [0.3, 0.4) is 0 Å². The minimum Gasteiger partial charge on any atom is -0.375 e. The van der Waals surface area contributed by atoms with E-state index in [9.17, 15) is 0 Å². The highest BCUT2D eigenvalue weighted by molar-refractivity contribution is 4.82. The molecule has 1 atom stereocenters. The summed E-state index contributed by atoms with van der Waals surface area (Å²) in [6.45, 7) is 16.2. The summed E-state index contributed by atoms with van der Waals surface area (Å²) in [7, 11) is 0. The van der Waals surface area contributed by atoms with E-state index in [0.717, 1.165) is 32.8 Å². The summed E-state index contributed by atoms with van der Waals surface area (Å²) in [4.78, 5) is 2.56. The van der Waals surface area contributed by atoms with E-state index < -0.39 is 0 Å². The molecule has 0 saturated carbocycles. The minimum absolute atomic E-state index is 0.0125. The van der Waals surface area contributed by atoms with Gasteiger partial charge in [-0.1, -0.05) is 13.8 Å². The molecule has 1 aliphatic rings. The molecule has 16 heavy (non-hydrogen) atoms. The van der Waals surface area contributed by atoms with E-state index in [1.807, 2.05) is 0 Å². The number of ether oxygens (including phenoxy) is 1. The van der Waals surface area contributed by atoms with Gasteiger partial charge in [-0.25, -0.2) is 0 Å². The van der Waals surface area contributed by atoms with Crippen molar-refractivity contribution in [2.75, 3.05) is 32.8 Å². The summed E-state index contributed by atoms with van der Waals surface area (Å²) in [6.07, 6.45) is 0. The molecule has 1 aliphatic heterocycles. The molecule has 1 unspecified atom stereocenters. The molecule has 96 valence electrons. The molecule has 0 aliphatic carbocycles. The molecular weight excluding hydrogens is 200 g/mol. The number of nitrogens with zero attached hydrogens (tertiary/aromatic N) is 1. The van der Waals surface area contributed by atoms with Crippen LogP contribution >= 0.6 is 0 Å². The molecule has 0 aromatic carbocycles. The first-order chi connectivity index (χ1) is 7.40. The first kappa shape index (κ1) is 13.9. The lowest BCUT2D eigenvalue weighted by molar-refractivity contribution is -0.0227. The van der Waals surface area contributed by atoms with Crippen molar-refractivity contribution < 1.29 is 4.74 Å². The van der Waals surface area contributed by atoms with Gasteiger partial charge < -0.3 is 10.1 Å². The van der Waals surface area contributed by atoms with E-state index in [1.165, 1.54) is 0 Å². The van der Waals surface area contributed by atoms with Gasteiger partial charge in [-0.3, -0.25) is 4.90 Å². The van der Waals surface area contributed by atoms with Gasteiger partial charge in [0.2, 0.25) is 0 Å². The maximum atomic E-state index is 5.80. The number of hydrogen-bond acceptors (Lipinski definition) is 3. The number of nitrogens with one attached hydrogen (secondary N) is 1. The lowest BCUT2D eigenvalue weighted by Gasteiger charge is -2.39. The van der Waals surface area contributed by atoms with Gasteiger partial charge in [-0.15, -0.1) is 0 Å². The van der Waals surface area contributed by atoms with E-state index in [1.54, 1.807) is 0 Å². The third-order valence-corrected chi connectivity index (χ3v) is 3.08. The van der Waals surface area contributed by atoms with Gasteiger partial charge in [0.05, 0.1) is 12.2 Å². The van der Waals surface area contributed by atoms with Crippen molar-refractivity contribution in [1.29, 1.82) is 0 Å². The Morgan fingerprint density at radius 3 is 2.62 bits per heavy atom. The average molecular weight is 228 g/mol. The van der Waals surface area contributed by atoms with Gasteiger partial charge in [-0.05, 0) is 26.7 Å². The summed E-state index contributed by atoms with van der Waals surface area (Å²) in [6, 6.07) is 0.664. The molecule has 0 spiro atoms. The Labute approximate surface area is 101 Å². The summed E-state index contributed by atoms with van der Waals surface area (Å²) >= 11 is 0. The predicted molar refractivity (Wildman–Crippen MR) is 68.8 cm³/mol. The Bertz CT molecular complexity index is 199. The van der Waals surface area contributed by atoms with E-state index in [-0.39, 0.29) is 5.60 Å². The zero-order valence-electron chi connectivity index (χ0n) is 11.5. The van der Waals surface area contributed by atoms with Gasteiger partial charge in [0.1, 0.15) is 0 Å². The second-order valence-electron chi connectivity index (χ2n) is 6.01. The Morgan fingerprint density at radius 1 is 1.38 bits per heavy atom. The van der Waals surface area contributed by atoms with Crippen molar-refractivity contribution in [2.45, 2.75) is 46.3 Å². The topological polar surface area (TPSA) is 24.5 Å². The van der Waals surface area contributed by atoms with Gasteiger partial charge >= 0.3 is 0 Å². The van der Waals surface area contributed by atoms with Crippen molar-refractivity contribution in [3.8, 4) is 0 Å². The fourth-order valence-electron chi connectivity index (χ4n) is 2.17. The van der Waals surface area contributed by atoms with E-state index in [4.69, 9.17) is 4.74 Å². The van der Waals surface area contributed by atoms with Crippen LogP contribution in [0.5, 0.6) is 0 Å². The molecule has 1 rings (SSSR count). The van der Waals surface area contributed by atoms with Gasteiger partial charge in [0.15, 0.2) is 0 Å². The summed E-state index contributed by atoms with van der Waals surface area (Å²) in [5.74, 6) is 0.711. The van der Waals surface area contributed by atoms with Crippen LogP contribution in [0.1, 0.15) is 34.6 Å². The van der Waals surface area contributed by atoms with Crippen LogP contribution in [-0.2, 0) is 4.74 Å². The highest BCUT2D eigenvalue weighted by Crippen LogP contribution is 2.13. The maximum Gasteiger partial charge on any atom is 0.0600 e.